The maximum atomic E-state index is 12.5. The Morgan fingerprint density at radius 1 is 0.929 bits per heavy atom. The van der Waals surface area contributed by atoms with Crippen LogP contribution in [-0.2, 0) is 0 Å². The minimum atomic E-state index is -4.73. The van der Waals surface area contributed by atoms with Gasteiger partial charge in [-0.05, 0) is 67.3 Å². The van der Waals surface area contributed by atoms with Crippen molar-refractivity contribution in [3.8, 4) is 17.6 Å². The summed E-state index contributed by atoms with van der Waals surface area (Å²) in [6.07, 6.45) is 2.94. The molecule has 2 aromatic carbocycles. The Kier molecular flexibility index (Phi) is 6.67. The molecule has 0 heterocycles. The standard InChI is InChI=1S/C24H25F3O/c1-2-5-18-8-13-20(14-9-18)21-15-10-19(11-16-21)12-17-22-6-3-4-7-23(22)28-24(25,26)27/h3-4,6-7,10-11,15-16,18,20H,2,5,8-9,13-14H2,1H3. The van der Waals surface area contributed by atoms with Crippen LogP contribution in [0, 0.1) is 17.8 Å². The first-order chi connectivity index (χ1) is 13.4. The van der Waals surface area contributed by atoms with Crippen molar-refractivity contribution in [3.63, 3.8) is 0 Å². The predicted molar refractivity (Wildman–Crippen MR) is 105 cm³/mol. The third-order valence-electron chi connectivity index (χ3n) is 5.38. The highest BCUT2D eigenvalue weighted by atomic mass is 19.4. The van der Waals surface area contributed by atoms with Crippen molar-refractivity contribution < 1.29 is 17.9 Å². The second kappa shape index (κ2) is 9.19. The van der Waals surface area contributed by atoms with E-state index < -0.39 is 6.36 Å². The summed E-state index contributed by atoms with van der Waals surface area (Å²) in [4.78, 5) is 0. The Hall–Kier alpha value is -2.41. The monoisotopic (exact) mass is 386 g/mol. The molecular formula is C24H25F3O. The van der Waals surface area contributed by atoms with Crippen molar-refractivity contribution in [1.82, 2.24) is 0 Å². The zero-order valence-corrected chi connectivity index (χ0v) is 16.1. The smallest absolute Gasteiger partial charge is 0.404 e. The summed E-state index contributed by atoms with van der Waals surface area (Å²) < 4.78 is 41.6. The van der Waals surface area contributed by atoms with E-state index in [1.165, 1.54) is 62.3 Å². The van der Waals surface area contributed by atoms with Crippen LogP contribution in [0.3, 0.4) is 0 Å². The first-order valence-corrected chi connectivity index (χ1v) is 9.91. The van der Waals surface area contributed by atoms with Crippen LogP contribution >= 0.6 is 0 Å². The number of alkyl halides is 3. The minimum absolute atomic E-state index is 0.221. The molecule has 1 aliphatic carbocycles. The molecule has 0 aromatic heterocycles. The van der Waals surface area contributed by atoms with E-state index in [1.807, 2.05) is 12.1 Å². The Bertz CT molecular complexity index is 819. The minimum Gasteiger partial charge on any atom is -0.404 e. The molecular weight excluding hydrogens is 361 g/mol. The molecule has 1 aliphatic rings. The van der Waals surface area contributed by atoms with E-state index in [4.69, 9.17) is 0 Å². The SMILES string of the molecule is CCCC1CCC(c2ccc(C#Cc3ccccc3OC(F)(F)F)cc2)CC1. The number of rotatable bonds is 4. The number of halogens is 3. The molecule has 0 atom stereocenters. The molecule has 0 N–H and O–H groups in total. The lowest BCUT2D eigenvalue weighted by Gasteiger charge is -2.28. The number of ether oxygens (including phenoxy) is 1. The summed E-state index contributed by atoms with van der Waals surface area (Å²) in [5, 5.41) is 0. The van der Waals surface area contributed by atoms with E-state index >= 15 is 0 Å². The van der Waals surface area contributed by atoms with Gasteiger partial charge in [0.05, 0.1) is 5.56 Å². The van der Waals surface area contributed by atoms with E-state index in [0.29, 0.717) is 5.92 Å². The molecule has 0 aliphatic heterocycles. The average molecular weight is 386 g/mol. The van der Waals surface area contributed by atoms with E-state index in [-0.39, 0.29) is 11.3 Å². The second-order valence-electron chi connectivity index (χ2n) is 7.42. The summed E-state index contributed by atoms with van der Waals surface area (Å²) in [5.74, 6) is 6.95. The first-order valence-electron chi connectivity index (χ1n) is 9.91. The van der Waals surface area contributed by atoms with Crippen molar-refractivity contribution in [1.29, 1.82) is 0 Å². The normalized spacial score (nSPS) is 19.6. The van der Waals surface area contributed by atoms with Crippen LogP contribution in [-0.4, -0.2) is 6.36 Å². The van der Waals surface area contributed by atoms with Crippen molar-refractivity contribution in [2.24, 2.45) is 5.92 Å². The zero-order valence-electron chi connectivity index (χ0n) is 16.1. The Labute approximate surface area is 164 Å². The predicted octanol–water partition coefficient (Wildman–Crippen LogP) is 7.06. The lowest BCUT2D eigenvalue weighted by atomic mass is 9.77. The van der Waals surface area contributed by atoms with Crippen molar-refractivity contribution in [2.75, 3.05) is 0 Å². The molecule has 0 radical (unpaired) electrons. The van der Waals surface area contributed by atoms with Gasteiger partial charge in [-0.25, -0.2) is 0 Å². The van der Waals surface area contributed by atoms with E-state index in [1.54, 1.807) is 6.07 Å². The van der Waals surface area contributed by atoms with E-state index in [2.05, 4.69) is 35.6 Å². The number of para-hydroxylation sites is 1. The first kappa shape index (κ1) is 20.3. The van der Waals surface area contributed by atoms with Crippen molar-refractivity contribution in [2.45, 2.75) is 57.7 Å². The number of hydrogen-bond acceptors (Lipinski definition) is 1. The lowest BCUT2D eigenvalue weighted by molar-refractivity contribution is -0.274. The quantitative estimate of drug-likeness (QED) is 0.511. The van der Waals surface area contributed by atoms with Gasteiger partial charge in [0.15, 0.2) is 0 Å². The summed E-state index contributed by atoms with van der Waals surface area (Å²) in [5.41, 5.74) is 2.34. The molecule has 1 fully saturated rings. The summed E-state index contributed by atoms with van der Waals surface area (Å²) in [6.45, 7) is 2.25. The molecule has 0 saturated heterocycles. The highest BCUT2D eigenvalue weighted by Crippen LogP contribution is 2.37. The van der Waals surface area contributed by atoms with Gasteiger partial charge in [-0.15, -0.1) is 13.2 Å². The third kappa shape index (κ3) is 5.79. The fraction of sp³-hybridized carbons (Fsp3) is 0.417. The van der Waals surface area contributed by atoms with Crippen molar-refractivity contribution in [3.05, 3.63) is 65.2 Å². The fourth-order valence-corrected chi connectivity index (χ4v) is 3.95. The topological polar surface area (TPSA) is 9.23 Å². The molecule has 4 heteroatoms. The number of hydrogen-bond donors (Lipinski definition) is 0. The van der Waals surface area contributed by atoms with Crippen LogP contribution in [0.15, 0.2) is 48.5 Å². The molecule has 0 amide bonds. The Morgan fingerprint density at radius 2 is 1.61 bits per heavy atom. The van der Waals surface area contributed by atoms with Gasteiger partial charge < -0.3 is 4.74 Å². The molecule has 1 saturated carbocycles. The highest BCUT2D eigenvalue weighted by molar-refractivity contribution is 5.50. The van der Waals surface area contributed by atoms with Gasteiger partial charge in [-0.2, -0.15) is 0 Å². The van der Waals surface area contributed by atoms with Crippen molar-refractivity contribution >= 4 is 0 Å². The maximum absolute atomic E-state index is 12.5. The third-order valence-corrected chi connectivity index (χ3v) is 5.38. The summed E-state index contributed by atoms with van der Waals surface area (Å²) >= 11 is 0. The lowest BCUT2D eigenvalue weighted by Crippen LogP contribution is -2.17. The molecule has 28 heavy (non-hydrogen) atoms. The molecule has 1 nitrogen and oxygen atoms in total. The van der Waals surface area contributed by atoms with Crippen LogP contribution in [0.5, 0.6) is 5.75 Å². The van der Waals surface area contributed by atoms with Gasteiger partial charge in [0.2, 0.25) is 0 Å². The van der Waals surface area contributed by atoms with Gasteiger partial charge in [0.25, 0.3) is 0 Å². The number of benzene rings is 2. The van der Waals surface area contributed by atoms with E-state index in [9.17, 15) is 13.2 Å². The van der Waals surface area contributed by atoms with Crippen LogP contribution in [0.2, 0.25) is 0 Å². The second-order valence-corrected chi connectivity index (χ2v) is 7.42. The van der Waals surface area contributed by atoms with Gasteiger partial charge in [0, 0.05) is 5.56 Å². The fourth-order valence-electron chi connectivity index (χ4n) is 3.95. The molecule has 3 rings (SSSR count). The van der Waals surface area contributed by atoms with Gasteiger partial charge >= 0.3 is 6.36 Å². The maximum Gasteiger partial charge on any atom is 0.573 e. The molecule has 2 aromatic rings. The Morgan fingerprint density at radius 3 is 2.25 bits per heavy atom. The highest BCUT2D eigenvalue weighted by Gasteiger charge is 2.31. The Balaban J connectivity index is 1.67. The molecule has 0 spiro atoms. The average Bonchev–Trinajstić information content (AvgIpc) is 2.67. The molecule has 0 bridgehead atoms. The van der Waals surface area contributed by atoms with Gasteiger partial charge in [0.1, 0.15) is 5.75 Å². The van der Waals surface area contributed by atoms with Crippen LogP contribution in [0.25, 0.3) is 0 Å². The molecule has 0 unspecified atom stereocenters. The zero-order chi connectivity index (χ0) is 20.0. The van der Waals surface area contributed by atoms with Crippen LogP contribution in [0.1, 0.15) is 68.1 Å². The summed E-state index contributed by atoms with van der Waals surface area (Å²) in [6, 6.07) is 14.1. The largest absolute Gasteiger partial charge is 0.573 e. The van der Waals surface area contributed by atoms with Crippen LogP contribution in [0.4, 0.5) is 13.2 Å². The summed E-state index contributed by atoms with van der Waals surface area (Å²) in [7, 11) is 0. The van der Waals surface area contributed by atoms with Crippen LogP contribution < -0.4 is 4.74 Å². The van der Waals surface area contributed by atoms with Gasteiger partial charge in [-0.1, -0.05) is 55.9 Å². The van der Waals surface area contributed by atoms with E-state index in [0.717, 1.165) is 11.5 Å². The molecule has 148 valence electrons. The van der Waals surface area contributed by atoms with Gasteiger partial charge in [-0.3, -0.25) is 0 Å².